The largest absolute Gasteiger partial charge is 0.454 e. The first-order valence-electron chi connectivity index (χ1n) is 5.86. The lowest BCUT2D eigenvalue weighted by Crippen LogP contribution is -1.92. The van der Waals surface area contributed by atoms with E-state index < -0.39 is 0 Å². The molecule has 4 nitrogen and oxygen atoms in total. The van der Waals surface area contributed by atoms with Crippen molar-refractivity contribution in [3.63, 3.8) is 0 Å². The monoisotopic (exact) mass is 274 g/mol. The van der Waals surface area contributed by atoms with Crippen molar-refractivity contribution in [2.45, 2.75) is 9.79 Å². The summed E-state index contributed by atoms with van der Waals surface area (Å²) in [4.78, 5) is 2.20. The van der Waals surface area contributed by atoms with Gasteiger partial charge >= 0.3 is 0 Å². The minimum Gasteiger partial charge on any atom is -0.454 e. The van der Waals surface area contributed by atoms with E-state index in [1.165, 1.54) is 0 Å². The fraction of sp³-hybridized carbons (Fsp3) is 0.143. The molecule has 0 spiro atoms. The van der Waals surface area contributed by atoms with Crippen LogP contribution in [0.15, 0.2) is 46.2 Å². The van der Waals surface area contributed by atoms with Crippen molar-refractivity contribution in [3.8, 4) is 23.0 Å². The third kappa shape index (κ3) is 1.96. The number of fused-ring (bicyclic) bond motifs is 2. The van der Waals surface area contributed by atoms with Crippen LogP contribution in [0.3, 0.4) is 0 Å². The Morgan fingerprint density at radius 2 is 1.11 bits per heavy atom. The third-order valence-electron chi connectivity index (χ3n) is 2.92. The molecule has 2 aliphatic heterocycles. The highest BCUT2D eigenvalue weighted by Gasteiger charge is 2.16. The Labute approximate surface area is 114 Å². The summed E-state index contributed by atoms with van der Waals surface area (Å²) < 4.78 is 21.3. The van der Waals surface area contributed by atoms with E-state index in [2.05, 4.69) is 0 Å². The fourth-order valence-electron chi connectivity index (χ4n) is 2.02. The quantitative estimate of drug-likeness (QED) is 0.840. The molecule has 0 saturated heterocycles. The van der Waals surface area contributed by atoms with Crippen LogP contribution in [0.2, 0.25) is 0 Å². The minimum absolute atomic E-state index is 0.299. The molecule has 0 bridgehead atoms. The van der Waals surface area contributed by atoms with Crippen molar-refractivity contribution >= 4 is 11.8 Å². The van der Waals surface area contributed by atoms with Crippen molar-refractivity contribution in [3.05, 3.63) is 36.4 Å². The first-order valence-corrected chi connectivity index (χ1v) is 6.67. The van der Waals surface area contributed by atoms with Gasteiger partial charge in [-0.25, -0.2) is 0 Å². The van der Waals surface area contributed by atoms with Crippen molar-refractivity contribution in [2.75, 3.05) is 13.6 Å². The summed E-state index contributed by atoms with van der Waals surface area (Å²) in [5.74, 6) is 3.20. The van der Waals surface area contributed by atoms with Crippen molar-refractivity contribution in [2.24, 2.45) is 0 Å². The number of hydrogen-bond donors (Lipinski definition) is 0. The Kier molecular flexibility index (Phi) is 2.45. The van der Waals surface area contributed by atoms with E-state index >= 15 is 0 Å². The van der Waals surface area contributed by atoms with E-state index in [9.17, 15) is 0 Å². The first kappa shape index (κ1) is 10.9. The van der Waals surface area contributed by atoms with E-state index in [4.69, 9.17) is 18.9 Å². The summed E-state index contributed by atoms with van der Waals surface area (Å²) in [6.07, 6.45) is 0. The second-order valence-corrected chi connectivity index (χ2v) is 5.28. The molecule has 0 N–H and O–H groups in total. The zero-order valence-corrected chi connectivity index (χ0v) is 10.7. The van der Waals surface area contributed by atoms with Gasteiger partial charge in [-0.05, 0) is 36.4 Å². The lowest BCUT2D eigenvalue weighted by Gasteiger charge is -2.04. The average molecular weight is 274 g/mol. The number of benzene rings is 2. The number of hydrogen-bond acceptors (Lipinski definition) is 5. The van der Waals surface area contributed by atoms with Gasteiger partial charge in [0.1, 0.15) is 0 Å². The topological polar surface area (TPSA) is 36.9 Å². The van der Waals surface area contributed by atoms with Crippen LogP contribution in [-0.2, 0) is 0 Å². The molecular weight excluding hydrogens is 264 g/mol. The first-order chi connectivity index (χ1) is 9.38. The van der Waals surface area contributed by atoms with Gasteiger partial charge in [0.05, 0.1) is 0 Å². The van der Waals surface area contributed by atoms with Crippen LogP contribution < -0.4 is 18.9 Å². The maximum absolute atomic E-state index is 5.37. The highest BCUT2D eigenvalue weighted by molar-refractivity contribution is 7.99. The van der Waals surface area contributed by atoms with E-state index in [1.807, 2.05) is 36.4 Å². The molecule has 0 aromatic heterocycles. The average Bonchev–Trinajstić information content (AvgIpc) is 3.05. The number of rotatable bonds is 2. The molecule has 0 fully saturated rings. The van der Waals surface area contributed by atoms with E-state index in [-0.39, 0.29) is 0 Å². The van der Waals surface area contributed by atoms with Crippen molar-refractivity contribution in [1.29, 1.82) is 0 Å². The third-order valence-corrected chi connectivity index (χ3v) is 3.90. The van der Waals surface area contributed by atoms with Gasteiger partial charge < -0.3 is 18.9 Å². The second-order valence-electron chi connectivity index (χ2n) is 4.13. The normalized spacial score (nSPS) is 14.7. The van der Waals surface area contributed by atoms with Crippen molar-refractivity contribution < 1.29 is 18.9 Å². The minimum atomic E-state index is 0.299. The van der Waals surface area contributed by atoms with Gasteiger partial charge in [0, 0.05) is 9.79 Å². The van der Waals surface area contributed by atoms with Gasteiger partial charge in [0.15, 0.2) is 23.0 Å². The maximum atomic E-state index is 5.37. The van der Waals surface area contributed by atoms with Crippen LogP contribution in [0.5, 0.6) is 23.0 Å². The SMILES string of the molecule is c1cc2c(cc1Sc1ccc3c(c1)OCO3)OCO2. The van der Waals surface area contributed by atoms with E-state index in [1.54, 1.807) is 11.8 Å². The highest BCUT2D eigenvalue weighted by atomic mass is 32.2. The van der Waals surface area contributed by atoms with Gasteiger partial charge in [-0.2, -0.15) is 0 Å². The molecule has 2 aromatic carbocycles. The van der Waals surface area contributed by atoms with Crippen molar-refractivity contribution in [1.82, 2.24) is 0 Å². The summed E-state index contributed by atoms with van der Waals surface area (Å²) >= 11 is 1.65. The predicted octanol–water partition coefficient (Wildman–Crippen LogP) is 3.30. The molecule has 0 atom stereocenters. The predicted molar refractivity (Wildman–Crippen MR) is 69.3 cm³/mol. The van der Waals surface area contributed by atoms with Crippen LogP contribution >= 0.6 is 11.8 Å². The summed E-state index contributed by atoms with van der Waals surface area (Å²) in [6.45, 7) is 0.598. The molecule has 0 radical (unpaired) electrons. The smallest absolute Gasteiger partial charge is 0.231 e. The summed E-state index contributed by atoms with van der Waals surface area (Å²) in [5, 5.41) is 0. The van der Waals surface area contributed by atoms with Gasteiger partial charge in [0.25, 0.3) is 0 Å². The molecule has 0 amide bonds. The molecule has 0 unspecified atom stereocenters. The van der Waals surface area contributed by atoms with Gasteiger partial charge in [-0.1, -0.05) is 11.8 Å². The Balaban J connectivity index is 1.61. The molecular formula is C14H10O4S. The zero-order chi connectivity index (χ0) is 12.7. The standard InChI is InChI=1S/C14H10O4S/c1-3-11-13(17-7-15-11)5-9(1)19-10-2-4-12-14(6-10)18-8-16-12/h1-6H,7-8H2. The zero-order valence-electron chi connectivity index (χ0n) is 9.92. The molecule has 19 heavy (non-hydrogen) atoms. The summed E-state index contributed by atoms with van der Waals surface area (Å²) in [6, 6.07) is 11.9. The Bertz CT molecular complexity index is 586. The van der Waals surface area contributed by atoms with E-state index in [0.29, 0.717) is 13.6 Å². The molecule has 2 aromatic rings. The Hall–Kier alpha value is -2.01. The van der Waals surface area contributed by atoms with Gasteiger partial charge in [0.2, 0.25) is 13.6 Å². The molecule has 2 heterocycles. The molecule has 5 heteroatoms. The molecule has 0 saturated carbocycles. The molecule has 0 aliphatic carbocycles. The number of ether oxygens (including phenoxy) is 4. The van der Waals surface area contributed by atoms with E-state index in [0.717, 1.165) is 32.8 Å². The lowest BCUT2D eigenvalue weighted by molar-refractivity contribution is 0.173. The van der Waals surface area contributed by atoms with Crippen LogP contribution in [0.4, 0.5) is 0 Å². The Morgan fingerprint density at radius 3 is 1.63 bits per heavy atom. The maximum Gasteiger partial charge on any atom is 0.231 e. The van der Waals surface area contributed by atoms with Crippen LogP contribution in [0.25, 0.3) is 0 Å². The van der Waals surface area contributed by atoms with Gasteiger partial charge in [-0.3, -0.25) is 0 Å². The molecule has 2 aliphatic rings. The second kappa shape index (κ2) is 4.28. The van der Waals surface area contributed by atoms with Crippen LogP contribution in [0, 0.1) is 0 Å². The summed E-state index contributed by atoms with van der Waals surface area (Å²) in [5.41, 5.74) is 0. The van der Waals surface area contributed by atoms with Crippen LogP contribution in [0.1, 0.15) is 0 Å². The fourth-order valence-corrected chi connectivity index (χ4v) is 2.89. The van der Waals surface area contributed by atoms with Gasteiger partial charge in [-0.15, -0.1) is 0 Å². The molecule has 4 rings (SSSR count). The Morgan fingerprint density at radius 1 is 0.632 bits per heavy atom. The molecule has 96 valence electrons. The van der Waals surface area contributed by atoms with Crippen LogP contribution in [-0.4, -0.2) is 13.6 Å². The highest BCUT2D eigenvalue weighted by Crippen LogP contribution is 2.41. The summed E-state index contributed by atoms with van der Waals surface area (Å²) in [7, 11) is 0. The lowest BCUT2D eigenvalue weighted by atomic mass is 10.3.